The van der Waals surface area contributed by atoms with E-state index in [9.17, 15) is 26.4 Å². The summed E-state index contributed by atoms with van der Waals surface area (Å²) in [4.78, 5) is 11.8. The minimum Gasteiger partial charge on any atom is -0.383 e. The van der Waals surface area contributed by atoms with Crippen LogP contribution < -0.4 is 5.32 Å². The third kappa shape index (κ3) is 6.85. The normalized spacial score (nSPS) is 12.4. The molecule has 0 unspecified atom stereocenters. The van der Waals surface area contributed by atoms with Gasteiger partial charge in [0.1, 0.15) is 0 Å². The van der Waals surface area contributed by atoms with Crippen LogP contribution in [0.5, 0.6) is 0 Å². The number of sulfonamides is 1. The van der Waals surface area contributed by atoms with Gasteiger partial charge in [0.15, 0.2) is 0 Å². The van der Waals surface area contributed by atoms with Gasteiger partial charge in [0.25, 0.3) is 0 Å². The van der Waals surface area contributed by atoms with E-state index in [2.05, 4.69) is 5.32 Å². The number of ether oxygens (including phenoxy) is 1. The monoisotopic (exact) mass is 368 g/mol. The van der Waals surface area contributed by atoms with Crippen LogP contribution in [-0.2, 0) is 25.7 Å². The van der Waals surface area contributed by atoms with Crippen LogP contribution in [0.2, 0.25) is 0 Å². The fraction of sp³-hybridized carbons (Fsp3) is 0.500. The maximum atomic E-state index is 12.4. The predicted octanol–water partition coefficient (Wildman–Crippen LogP) is 1.94. The molecule has 24 heavy (non-hydrogen) atoms. The SMILES string of the molecule is COCCN(CCC(=O)Nc1ccc(C(F)(F)F)cc1)S(C)(=O)=O. The number of nitrogens with zero attached hydrogens (tertiary/aromatic N) is 1. The van der Waals surface area contributed by atoms with Crippen LogP contribution in [0, 0.1) is 0 Å². The minimum absolute atomic E-state index is 0.0470. The lowest BCUT2D eigenvalue weighted by Crippen LogP contribution is -2.35. The summed E-state index contributed by atoms with van der Waals surface area (Å²) in [5.41, 5.74) is -0.612. The maximum Gasteiger partial charge on any atom is 0.416 e. The van der Waals surface area contributed by atoms with Gasteiger partial charge in [0, 0.05) is 32.3 Å². The van der Waals surface area contributed by atoms with E-state index in [1.54, 1.807) is 0 Å². The number of halogens is 3. The van der Waals surface area contributed by atoms with E-state index in [1.807, 2.05) is 0 Å². The Bertz CT molecular complexity index is 645. The second-order valence-electron chi connectivity index (χ2n) is 5.03. The lowest BCUT2D eigenvalue weighted by molar-refractivity contribution is -0.137. The molecule has 1 N–H and O–H groups in total. The van der Waals surface area contributed by atoms with Gasteiger partial charge in [-0.15, -0.1) is 0 Å². The molecule has 1 amide bonds. The molecule has 0 aliphatic rings. The Balaban J connectivity index is 2.59. The maximum absolute atomic E-state index is 12.4. The molecular weight excluding hydrogens is 349 g/mol. The van der Waals surface area contributed by atoms with Crippen LogP contribution in [-0.4, -0.2) is 51.7 Å². The summed E-state index contributed by atoms with van der Waals surface area (Å²) >= 11 is 0. The second kappa shape index (κ2) is 8.45. The second-order valence-corrected chi connectivity index (χ2v) is 7.01. The first-order chi connectivity index (χ1) is 11.0. The zero-order chi connectivity index (χ0) is 18.4. The molecule has 0 saturated carbocycles. The molecule has 0 aliphatic heterocycles. The largest absolute Gasteiger partial charge is 0.416 e. The topological polar surface area (TPSA) is 75.7 Å². The molecule has 0 radical (unpaired) electrons. The fourth-order valence-corrected chi connectivity index (χ4v) is 2.66. The summed E-state index contributed by atoms with van der Waals surface area (Å²) in [6, 6.07) is 3.99. The highest BCUT2D eigenvalue weighted by molar-refractivity contribution is 7.88. The number of carbonyl (C=O) groups excluding carboxylic acids is 1. The smallest absolute Gasteiger partial charge is 0.383 e. The Morgan fingerprint density at radius 1 is 1.21 bits per heavy atom. The van der Waals surface area contributed by atoms with Gasteiger partial charge >= 0.3 is 6.18 Å². The van der Waals surface area contributed by atoms with E-state index in [1.165, 1.54) is 7.11 Å². The number of anilines is 1. The van der Waals surface area contributed by atoms with Gasteiger partial charge < -0.3 is 10.1 Å². The van der Waals surface area contributed by atoms with Gasteiger partial charge in [-0.05, 0) is 24.3 Å². The van der Waals surface area contributed by atoms with Gasteiger partial charge in [-0.3, -0.25) is 4.79 Å². The van der Waals surface area contributed by atoms with Crippen molar-refractivity contribution in [1.82, 2.24) is 4.31 Å². The molecule has 0 aliphatic carbocycles. The van der Waals surface area contributed by atoms with Crippen LogP contribution in [0.15, 0.2) is 24.3 Å². The van der Waals surface area contributed by atoms with Crippen molar-refractivity contribution in [2.45, 2.75) is 12.6 Å². The van der Waals surface area contributed by atoms with Gasteiger partial charge in [-0.1, -0.05) is 0 Å². The lowest BCUT2D eigenvalue weighted by Gasteiger charge is -2.19. The number of alkyl halides is 3. The summed E-state index contributed by atoms with van der Waals surface area (Å²) in [6.07, 6.45) is -3.55. The molecule has 0 spiro atoms. The number of benzene rings is 1. The van der Waals surface area contributed by atoms with Crippen LogP contribution in [0.25, 0.3) is 0 Å². The van der Waals surface area contributed by atoms with Crippen LogP contribution in [0.1, 0.15) is 12.0 Å². The van der Waals surface area contributed by atoms with Crippen molar-refractivity contribution in [2.24, 2.45) is 0 Å². The molecule has 136 valence electrons. The van der Waals surface area contributed by atoms with Crippen molar-refractivity contribution >= 4 is 21.6 Å². The molecular formula is C14H19F3N2O4S. The first-order valence-corrected chi connectivity index (χ1v) is 8.80. The van der Waals surface area contributed by atoms with Crippen molar-refractivity contribution in [2.75, 3.05) is 38.4 Å². The molecule has 6 nitrogen and oxygen atoms in total. The van der Waals surface area contributed by atoms with E-state index >= 15 is 0 Å². The molecule has 0 aromatic heterocycles. The number of carbonyl (C=O) groups is 1. The third-order valence-electron chi connectivity index (χ3n) is 3.10. The Morgan fingerprint density at radius 3 is 2.25 bits per heavy atom. The number of rotatable bonds is 8. The molecule has 0 bridgehead atoms. The van der Waals surface area contributed by atoms with Crippen molar-refractivity contribution in [3.8, 4) is 0 Å². The Morgan fingerprint density at radius 2 is 1.79 bits per heavy atom. The number of methoxy groups -OCH3 is 1. The Hall–Kier alpha value is -1.65. The van der Waals surface area contributed by atoms with Gasteiger partial charge in [0.2, 0.25) is 15.9 Å². The highest BCUT2D eigenvalue weighted by atomic mass is 32.2. The fourth-order valence-electron chi connectivity index (χ4n) is 1.83. The van der Waals surface area contributed by atoms with Crippen molar-refractivity contribution < 1.29 is 31.1 Å². The van der Waals surface area contributed by atoms with Crippen molar-refractivity contribution in [1.29, 1.82) is 0 Å². The lowest BCUT2D eigenvalue weighted by atomic mass is 10.2. The van der Waals surface area contributed by atoms with E-state index in [0.29, 0.717) is 0 Å². The highest BCUT2D eigenvalue weighted by Crippen LogP contribution is 2.29. The molecule has 0 fully saturated rings. The molecule has 1 aromatic rings. The zero-order valence-corrected chi connectivity index (χ0v) is 14.1. The van der Waals surface area contributed by atoms with E-state index in [4.69, 9.17) is 4.74 Å². The van der Waals surface area contributed by atoms with Gasteiger partial charge in [0.05, 0.1) is 18.4 Å². The van der Waals surface area contributed by atoms with Crippen LogP contribution in [0.4, 0.5) is 18.9 Å². The third-order valence-corrected chi connectivity index (χ3v) is 4.40. The quantitative estimate of drug-likeness (QED) is 0.761. The van der Waals surface area contributed by atoms with Crippen molar-refractivity contribution in [3.05, 3.63) is 29.8 Å². The standard InChI is InChI=1S/C14H19F3N2O4S/c1-23-10-9-19(24(2,21)22)8-7-13(20)18-12-5-3-11(4-6-12)14(15,16)17/h3-6H,7-10H2,1-2H3,(H,18,20). The average Bonchev–Trinajstić information content (AvgIpc) is 2.45. The first kappa shape index (κ1) is 20.4. The predicted molar refractivity (Wildman–Crippen MR) is 83.0 cm³/mol. The summed E-state index contributed by atoms with van der Waals surface area (Å²) in [7, 11) is -2.05. The average molecular weight is 368 g/mol. The molecule has 0 saturated heterocycles. The van der Waals surface area contributed by atoms with Gasteiger partial charge in [-0.2, -0.15) is 17.5 Å². The van der Waals surface area contributed by atoms with E-state index in [0.717, 1.165) is 34.8 Å². The Kier molecular flexibility index (Phi) is 7.18. The van der Waals surface area contributed by atoms with E-state index in [-0.39, 0.29) is 31.8 Å². The summed E-state index contributed by atoms with van der Waals surface area (Å²) in [6.45, 7) is 0.255. The zero-order valence-electron chi connectivity index (χ0n) is 13.3. The molecule has 10 heteroatoms. The molecule has 1 aromatic carbocycles. The molecule has 0 atom stereocenters. The number of hydrogen-bond acceptors (Lipinski definition) is 4. The van der Waals surface area contributed by atoms with Crippen molar-refractivity contribution in [3.63, 3.8) is 0 Å². The number of hydrogen-bond donors (Lipinski definition) is 1. The first-order valence-electron chi connectivity index (χ1n) is 6.95. The summed E-state index contributed by atoms with van der Waals surface area (Å²) in [5.74, 6) is -0.499. The number of amides is 1. The Labute approximate surface area is 138 Å². The minimum atomic E-state index is -4.44. The van der Waals surface area contributed by atoms with Crippen LogP contribution in [0.3, 0.4) is 0 Å². The van der Waals surface area contributed by atoms with E-state index < -0.39 is 27.7 Å². The summed E-state index contributed by atoms with van der Waals surface area (Å²) < 4.78 is 66.4. The molecule has 1 rings (SSSR count). The van der Waals surface area contributed by atoms with Gasteiger partial charge in [-0.25, -0.2) is 8.42 Å². The van der Waals surface area contributed by atoms with Crippen LogP contribution >= 0.6 is 0 Å². The summed E-state index contributed by atoms with van der Waals surface area (Å²) in [5, 5.41) is 2.42. The number of nitrogens with one attached hydrogen (secondary N) is 1. The highest BCUT2D eigenvalue weighted by Gasteiger charge is 2.30. The molecule has 0 heterocycles.